The Bertz CT molecular complexity index is 214. The van der Waals surface area contributed by atoms with Gasteiger partial charge in [-0.25, -0.2) is 0 Å². The van der Waals surface area contributed by atoms with Gasteiger partial charge < -0.3 is 15.3 Å². The normalized spacial score (nSPS) is 22.1. The highest BCUT2D eigenvalue weighted by molar-refractivity contribution is 4.89. The molecule has 17 heavy (non-hydrogen) atoms. The van der Waals surface area contributed by atoms with Crippen LogP contribution in [0.25, 0.3) is 0 Å². The van der Waals surface area contributed by atoms with Gasteiger partial charge in [-0.1, -0.05) is 33.1 Å². The highest BCUT2D eigenvalue weighted by Gasteiger charge is 2.28. The Morgan fingerprint density at radius 1 is 1.29 bits per heavy atom. The second-order valence-corrected chi connectivity index (χ2v) is 6.22. The van der Waals surface area contributed by atoms with E-state index in [1.54, 1.807) is 0 Å². The maximum atomic E-state index is 9.59. The summed E-state index contributed by atoms with van der Waals surface area (Å²) in [6.45, 7) is 7.50. The van der Waals surface area contributed by atoms with Crippen LogP contribution in [0, 0.1) is 0 Å². The average molecular weight is 242 g/mol. The molecular formula is C14H30N2O. The van der Waals surface area contributed by atoms with Crippen LogP contribution in [0.3, 0.4) is 0 Å². The monoisotopic (exact) mass is 242 g/mol. The van der Waals surface area contributed by atoms with E-state index in [-0.39, 0.29) is 12.1 Å². The summed E-state index contributed by atoms with van der Waals surface area (Å²) in [6.07, 6.45) is 6.76. The molecule has 1 unspecified atom stereocenters. The summed E-state index contributed by atoms with van der Waals surface area (Å²) in [6, 6.07) is 1.12. The Kier molecular flexibility index (Phi) is 5.90. The molecule has 0 aromatic carbocycles. The van der Waals surface area contributed by atoms with Crippen LogP contribution >= 0.6 is 0 Å². The minimum Gasteiger partial charge on any atom is -0.394 e. The van der Waals surface area contributed by atoms with Crippen LogP contribution in [0.4, 0.5) is 0 Å². The van der Waals surface area contributed by atoms with Gasteiger partial charge in [0.15, 0.2) is 0 Å². The van der Waals surface area contributed by atoms with Crippen molar-refractivity contribution in [2.75, 3.05) is 20.2 Å². The molecule has 0 spiro atoms. The number of aliphatic hydroxyl groups excluding tert-OH is 1. The molecule has 0 aromatic heterocycles. The van der Waals surface area contributed by atoms with Crippen LogP contribution in [-0.4, -0.2) is 47.8 Å². The first kappa shape index (κ1) is 14.9. The Morgan fingerprint density at radius 3 is 2.35 bits per heavy atom. The zero-order valence-corrected chi connectivity index (χ0v) is 12.0. The molecule has 0 amide bonds. The van der Waals surface area contributed by atoms with E-state index >= 15 is 0 Å². The highest BCUT2D eigenvalue weighted by Crippen LogP contribution is 2.22. The lowest BCUT2D eigenvalue weighted by atomic mass is 9.92. The summed E-state index contributed by atoms with van der Waals surface area (Å²) in [5, 5.41) is 13.1. The lowest BCUT2D eigenvalue weighted by molar-refractivity contribution is 0.0931. The van der Waals surface area contributed by atoms with Gasteiger partial charge in [0.05, 0.1) is 12.1 Å². The van der Waals surface area contributed by atoms with Crippen LogP contribution in [0.2, 0.25) is 0 Å². The van der Waals surface area contributed by atoms with Gasteiger partial charge in [-0.2, -0.15) is 0 Å². The molecule has 1 saturated carbocycles. The van der Waals surface area contributed by atoms with Crippen molar-refractivity contribution in [3.8, 4) is 0 Å². The van der Waals surface area contributed by atoms with Crippen molar-refractivity contribution in [2.45, 2.75) is 70.5 Å². The van der Waals surface area contributed by atoms with Gasteiger partial charge in [-0.3, -0.25) is 0 Å². The molecule has 1 aliphatic carbocycles. The molecular weight excluding hydrogens is 212 g/mol. The van der Waals surface area contributed by atoms with Gasteiger partial charge in [0.1, 0.15) is 0 Å². The van der Waals surface area contributed by atoms with Crippen molar-refractivity contribution in [2.24, 2.45) is 0 Å². The second kappa shape index (κ2) is 6.72. The Hall–Kier alpha value is -0.120. The summed E-state index contributed by atoms with van der Waals surface area (Å²) in [5.41, 5.74) is -0.180. The van der Waals surface area contributed by atoms with E-state index in [9.17, 15) is 5.11 Å². The van der Waals surface area contributed by atoms with Gasteiger partial charge in [0.25, 0.3) is 0 Å². The fourth-order valence-electron chi connectivity index (χ4n) is 3.04. The second-order valence-electron chi connectivity index (χ2n) is 6.22. The van der Waals surface area contributed by atoms with Crippen LogP contribution in [-0.2, 0) is 0 Å². The van der Waals surface area contributed by atoms with Gasteiger partial charge in [0.2, 0.25) is 0 Å². The summed E-state index contributed by atoms with van der Waals surface area (Å²) in [4.78, 5) is 2.44. The first-order valence-electron chi connectivity index (χ1n) is 7.05. The van der Waals surface area contributed by atoms with E-state index in [0.717, 1.165) is 6.54 Å². The van der Waals surface area contributed by atoms with Crippen molar-refractivity contribution in [1.29, 1.82) is 0 Å². The fraction of sp³-hybridized carbons (Fsp3) is 1.00. The smallest absolute Gasteiger partial charge is 0.0623 e. The molecule has 0 aliphatic heterocycles. The van der Waals surface area contributed by atoms with Crippen molar-refractivity contribution in [1.82, 2.24) is 10.2 Å². The van der Waals surface area contributed by atoms with Gasteiger partial charge in [0, 0.05) is 18.6 Å². The third-order valence-electron chi connectivity index (χ3n) is 3.78. The van der Waals surface area contributed by atoms with Crippen molar-refractivity contribution in [3.63, 3.8) is 0 Å². The van der Waals surface area contributed by atoms with E-state index in [1.165, 1.54) is 32.1 Å². The molecule has 1 fully saturated rings. The lowest BCUT2D eigenvalue weighted by Gasteiger charge is -2.39. The largest absolute Gasteiger partial charge is 0.394 e. The maximum Gasteiger partial charge on any atom is 0.0623 e. The van der Waals surface area contributed by atoms with Crippen LogP contribution < -0.4 is 5.32 Å². The van der Waals surface area contributed by atoms with Crippen molar-refractivity contribution in [3.05, 3.63) is 0 Å². The summed E-state index contributed by atoms with van der Waals surface area (Å²) in [5.74, 6) is 0. The highest BCUT2D eigenvalue weighted by atomic mass is 16.3. The zero-order chi connectivity index (χ0) is 12.9. The topological polar surface area (TPSA) is 35.5 Å². The number of rotatable bonds is 6. The number of nitrogens with one attached hydrogen (secondary N) is 1. The minimum absolute atomic E-state index is 0.180. The molecule has 102 valence electrons. The molecule has 0 heterocycles. The first-order chi connectivity index (χ1) is 7.97. The lowest BCUT2D eigenvalue weighted by Crippen LogP contribution is -2.57. The number of hydrogen-bond donors (Lipinski definition) is 2. The van der Waals surface area contributed by atoms with Gasteiger partial charge in [-0.15, -0.1) is 0 Å². The number of nitrogens with zero attached hydrogens (tertiary/aromatic N) is 1. The predicted octanol–water partition coefficient (Wildman–Crippen LogP) is 2.00. The van der Waals surface area contributed by atoms with E-state index < -0.39 is 0 Å². The number of aliphatic hydroxyl groups is 1. The predicted molar refractivity (Wildman–Crippen MR) is 73.3 cm³/mol. The minimum atomic E-state index is -0.180. The third kappa shape index (κ3) is 4.94. The van der Waals surface area contributed by atoms with E-state index in [2.05, 4.69) is 38.0 Å². The molecule has 3 nitrogen and oxygen atoms in total. The van der Waals surface area contributed by atoms with Crippen molar-refractivity contribution < 1.29 is 5.11 Å². The SMILES string of the molecule is CC(C)NC(C)(CO)CN(C)C1CCCCC1. The number of hydrogen-bond acceptors (Lipinski definition) is 3. The van der Waals surface area contributed by atoms with E-state index in [4.69, 9.17) is 0 Å². The van der Waals surface area contributed by atoms with Gasteiger partial charge >= 0.3 is 0 Å². The van der Waals surface area contributed by atoms with E-state index in [0.29, 0.717) is 12.1 Å². The third-order valence-corrected chi connectivity index (χ3v) is 3.78. The number of likely N-dealkylation sites (N-methyl/N-ethyl adjacent to an activating group) is 1. The molecule has 3 heteroatoms. The molecule has 1 aliphatic rings. The Balaban J connectivity index is 2.48. The fourth-order valence-corrected chi connectivity index (χ4v) is 3.04. The summed E-state index contributed by atoms with van der Waals surface area (Å²) >= 11 is 0. The molecule has 2 N–H and O–H groups in total. The molecule has 0 radical (unpaired) electrons. The molecule has 0 aromatic rings. The Morgan fingerprint density at radius 2 is 1.88 bits per heavy atom. The van der Waals surface area contributed by atoms with Crippen LogP contribution in [0.5, 0.6) is 0 Å². The summed E-state index contributed by atoms with van der Waals surface area (Å²) < 4.78 is 0. The summed E-state index contributed by atoms with van der Waals surface area (Å²) in [7, 11) is 2.20. The quantitative estimate of drug-likeness (QED) is 0.748. The van der Waals surface area contributed by atoms with E-state index in [1.807, 2.05) is 0 Å². The van der Waals surface area contributed by atoms with Gasteiger partial charge in [-0.05, 0) is 26.8 Å². The molecule has 0 saturated heterocycles. The molecule has 1 atom stereocenters. The molecule has 0 bridgehead atoms. The average Bonchev–Trinajstić information content (AvgIpc) is 2.29. The van der Waals surface area contributed by atoms with Crippen LogP contribution in [0.1, 0.15) is 52.9 Å². The first-order valence-corrected chi connectivity index (χ1v) is 7.05. The Labute approximate surface area is 107 Å². The van der Waals surface area contributed by atoms with Crippen molar-refractivity contribution >= 4 is 0 Å². The zero-order valence-electron chi connectivity index (χ0n) is 12.0. The standard InChI is InChI=1S/C14H30N2O/c1-12(2)15-14(3,11-17)10-16(4)13-8-6-5-7-9-13/h12-13,15,17H,5-11H2,1-4H3. The maximum absolute atomic E-state index is 9.59. The van der Waals surface area contributed by atoms with Crippen LogP contribution in [0.15, 0.2) is 0 Å². The molecule has 1 rings (SSSR count).